The molecule has 1 heterocycles. The molecule has 0 amide bonds. The molecule has 1 aliphatic rings. The molecule has 1 aliphatic carbocycles. The van der Waals surface area contributed by atoms with Crippen molar-refractivity contribution in [3.05, 3.63) is 29.0 Å². The van der Waals surface area contributed by atoms with E-state index in [0.29, 0.717) is 18.0 Å². The van der Waals surface area contributed by atoms with Gasteiger partial charge in [0.15, 0.2) is 0 Å². The van der Waals surface area contributed by atoms with E-state index in [2.05, 4.69) is 24.5 Å². The lowest BCUT2D eigenvalue weighted by Gasteiger charge is -2.17. The summed E-state index contributed by atoms with van der Waals surface area (Å²) in [4.78, 5) is 4.83. The molecule has 0 radical (unpaired) electrons. The summed E-state index contributed by atoms with van der Waals surface area (Å²) >= 11 is 6.07. The number of nitrogens with zero attached hydrogens (tertiary/aromatic N) is 2. The lowest BCUT2D eigenvalue weighted by Crippen LogP contribution is -2.16. The van der Waals surface area contributed by atoms with Gasteiger partial charge in [-0.1, -0.05) is 11.6 Å². The Morgan fingerprint density at radius 1 is 1.37 bits per heavy atom. The van der Waals surface area contributed by atoms with Crippen molar-refractivity contribution in [2.24, 2.45) is 5.73 Å². The molecule has 2 aromatic rings. The number of halogens is 1. The molecule has 4 heteroatoms. The van der Waals surface area contributed by atoms with Crippen LogP contribution >= 0.6 is 11.6 Å². The van der Waals surface area contributed by atoms with Crippen molar-refractivity contribution in [2.75, 3.05) is 0 Å². The molecule has 0 spiro atoms. The molecule has 0 aliphatic heterocycles. The van der Waals surface area contributed by atoms with Gasteiger partial charge in [0.2, 0.25) is 0 Å². The Morgan fingerprint density at radius 2 is 2.16 bits per heavy atom. The predicted molar refractivity (Wildman–Crippen MR) is 79.7 cm³/mol. The third kappa shape index (κ3) is 2.26. The van der Waals surface area contributed by atoms with Gasteiger partial charge in [-0.05, 0) is 51.3 Å². The Hall–Kier alpha value is -1.06. The van der Waals surface area contributed by atoms with E-state index < -0.39 is 0 Å². The second kappa shape index (κ2) is 4.80. The molecule has 1 saturated carbocycles. The summed E-state index contributed by atoms with van der Waals surface area (Å²) in [6, 6.07) is 6.69. The molecule has 2 atom stereocenters. The van der Waals surface area contributed by atoms with E-state index in [9.17, 15) is 0 Å². The fourth-order valence-electron chi connectivity index (χ4n) is 3.17. The van der Waals surface area contributed by atoms with Crippen LogP contribution in [0.5, 0.6) is 0 Å². The Kier molecular flexibility index (Phi) is 3.27. The number of benzene rings is 1. The standard InChI is InChI=1S/C15H20ClN3/c1-9(2)19-14-6-4-11(16)8-13(14)18-15(19)10-3-5-12(17)7-10/h4,6,8-10,12H,3,5,7,17H2,1-2H3. The van der Waals surface area contributed by atoms with Crippen molar-refractivity contribution in [1.29, 1.82) is 0 Å². The fraction of sp³-hybridized carbons (Fsp3) is 0.533. The molecule has 0 bridgehead atoms. The summed E-state index contributed by atoms with van der Waals surface area (Å²) in [5.41, 5.74) is 8.22. The maximum Gasteiger partial charge on any atom is 0.113 e. The molecule has 3 nitrogen and oxygen atoms in total. The topological polar surface area (TPSA) is 43.8 Å². The van der Waals surface area contributed by atoms with Gasteiger partial charge in [-0.25, -0.2) is 4.98 Å². The van der Waals surface area contributed by atoms with E-state index in [1.54, 1.807) is 0 Å². The van der Waals surface area contributed by atoms with Crippen LogP contribution in [0.1, 0.15) is 50.9 Å². The Labute approximate surface area is 118 Å². The lowest BCUT2D eigenvalue weighted by molar-refractivity contribution is 0.536. The van der Waals surface area contributed by atoms with Crippen molar-refractivity contribution < 1.29 is 0 Å². The van der Waals surface area contributed by atoms with Crippen LogP contribution < -0.4 is 5.73 Å². The minimum Gasteiger partial charge on any atom is -0.328 e. The van der Waals surface area contributed by atoms with Gasteiger partial charge in [0.05, 0.1) is 11.0 Å². The van der Waals surface area contributed by atoms with Crippen molar-refractivity contribution in [2.45, 2.75) is 51.1 Å². The van der Waals surface area contributed by atoms with E-state index in [1.807, 2.05) is 12.1 Å². The molecule has 1 fully saturated rings. The summed E-state index contributed by atoms with van der Waals surface area (Å²) in [6.07, 6.45) is 3.29. The van der Waals surface area contributed by atoms with Crippen LogP contribution in [0.15, 0.2) is 18.2 Å². The number of imidazole rings is 1. The molecule has 1 aromatic heterocycles. The average Bonchev–Trinajstić information content (AvgIpc) is 2.91. The molecule has 0 saturated heterocycles. The molecule has 1 aromatic carbocycles. The van der Waals surface area contributed by atoms with E-state index in [0.717, 1.165) is 29.8 Å². The van der Waals surface area contributed by atoms with Crippen LogP contribution in [0.3, 0.4) is 0 Å². The van der Waals surface area contributed by atoms with Gasteiger partial charge in [-0.3, -0.25) is 0 Å². The van der Waals surface area contributed by atoms with Gasteiger partial charge in [0, 0.05) is 23.0 Å². The summed E-state index contributed by atoms with van der Waals surface area (Å²) in [5.74, 6) is 1.67. The third-order valence-electron chi connectivity index (χ3n) is 4.03. The number of rotatable bonds is 2. The SMILES string of the molecule is CC(C)n1c(C2CCC(N)C2)nc2cc(Cl)ccc21. The van der Waals surface area contributed by atoms with Gasteiger partial charge >= 0.3 is 0 Å². The number of aromatic nitrogens is 2. The van der Waals surface area contributed by atoms with Crippen LogP contribution in [0.2, 0.25) is 5.02 Å². The average molecular weight is 278 g/mol. The number of fused-ring (bicyclic) bond motifs is 1. The molecule has 3 rings (SSSR count). The summed E-state index contributed by atoms with van der Waals surface area (Å²) < 4.78 is 2.34. The molecular formula is C15H20ClN3. The third-order valence-corrected chi connectivity index (χ3v) is 4.27. The van der Waals surface area contributed by atoms with E-state index in [-0.39, 0.29) is 0 Å². The van der Waals surface area contributed by atoms with Gasteiger partial charge in [0.25, 0.3) is 0 Å². The highest BCUT2D eigenvalue weighted by atomic mass is 35.5. The summed E-state index contributed by atoms with van der Waals surface area (Å²) in [6.45, 7) is 4.40. The van der Waals surface area contributed by atoms with Crippen molar-refractivity contribution in [1.82, 2.24) is 9.55 Å². The van der Waals surface area contributed by atoms with Gasteiger partial charge in [-0.15, -0.1) is 0 Å². The van der Waals surface area contributed by atoms with Crippen molar-refractivity contribution in [3.8, 4) is 0 Å². The number of nitrogens with two attached hydrogens (primary N) is 1. The van der Waals surface area contributed by atoms with Gasteiger partial charge in [-0.2, -0.15) is 0 Å². The quantitative estimate of drug-likeness (QED) is 0.906. The van der Waals surface area contributed by atoms with Crippen LogP contribution in [-0.2, 0) is 0 Å². The first-order valence-corrected chi connectivity index (χ1v) is 7.37. The number of hydrogen-bond donors (Lipinski definition) is 1. The first kappa shape index (κ1) is 12.9. The monoisotopic (exact) mass is 277 g/mol. The fourth-order valence-corrected chi connectivity index (χ4v) is 3.34. The maximum absolute atomic E-state index is 6.07. The Balaban J connectivity index is 2.14. The predicted octanol–water partition coefficient (Wildman–Crippen LogP) is 3.87. The van der Waals surface area contributed by atoms with E-state index in [1.165, 1.54) is 11.3 Å². The second-order valence-corrected chi connectivity index (χ2v) is 6.27. The first-order valence-electron chi connectivity index (χ1n) is 6.99. The number of hydrogen-bond acceptors (Lipinski definition) is 2. The zero-order valence-electron chi connectivity index (χ0n) is 11.4. The minimum atomic E-state index is 0.328. The van der Waals surface area contributed by atoms with Crippen LogP contribution in [-0.4, -0.2) is 15.6 Å². The highest BCUT2D eigenvalue weighted by Crippen LogP contribution is 2.36. The van der Waals surface area contributed by atoms with E-state index >= 15 is 0 Å². The molecular weight excluding hydrogens is 258 g/mol. The Bertz CT molecular complexity index is 603. The molecule has 102 valence electrons. The van der Waals surface area contributed by atoms with Crippen molar-refractivity contribution >= 4 is 22.6 Å². The van der Waals surface area contributed by atoms with Crippen LogP contribution in [0.25, 0.3) is 11.0 Å². The first-order chi connectivity index (χ1) is 9.06. The summed E-state index contributed by atoms with van der Waals surface area (Å²) in [7, 11) is 0. The van der Waals surface area contributed by atoms with Crippen molar-refractivity contribution in [3.63, 3.8) is 0 Å². The minimum absolute atomic E-state index is 0.328. The maximum atomic E-state index is 6.07. The molecule has 19 heavy (non-hydrogen) atoms. The highest BCUT2D eigenvalue weighted by molar-refractivity contribution is 6.31. The second-order valence-electron chi connectivity index (χ2n) is 5.84. The van der Waals surface area contributed by atoms with E-state index in [4.69, 9.17) is 22.3 Å². The lowest BCUT2D eigenvalue weighted by atomic mass is 10.1. The molecule has 2 N–H and O–H groups in total. The van der Waals surface area contributed by atoms with Crippen LogP contribution in [0, 0.1) is 0 Å². The normalized spacial score (nSPS) is 23.6. The van der Waals surface area contributed by atoms with Gasteiger partial charge in [0.1, 0.15) is 5.82 Å². The van der Waals surface area contributed by atoms with Gasteiger partial charge < -0.3 is 10.3 Å². The smallest absolute Gasteiger partial charge is 0.113 e. The largest absolute Gasteiger partial charge is 0.328 e. The zero-order valence-corrected chi connectivity index (χ0v) is 12.2. The highest BCUT2D eigenvalue weighted by Gasteiger charge is 2.28. The van der Waals surface area contributed by atoms with Crippen LogP contribution in [0.4, 0.5) is 0 Å². The Morgan fingerprint density at radius 3 is 2.79 bits per heavy atom. The molecule has 2 unspecified atom stereocenters. The zero-order chi connectivity index (χ0) is 13.6. The summed E-state index contributed by atoms with van der Waals surface area (Å²) in [5, 5.41) is 0.746.